The third-order valence-electron chi connectivity index (χ3n) is 3.98. The van der Waals surface area contributed by atoms with Crippen molar-refractivity contribution < 1.29 is 23.6 Å². The topological polar surface area (TPSA) is 59.8 Å². The Morgan fingerprint density at radius 3 is 2.69 bits per heavy atom. The lowest BCUT2D eigenvalue weighted by Crippen LogP contribution is -3.08. The molecule has 5 nitrogen and oxygen atoms in total. The minimum Gasteiger partial charge on any atom is -0.462 e. The van der Waals surface area contributed by atoms with E-state index in [9.17, 15) is 14.0 Å². The lowest BCUT2D eigenvalue weighted by Gasteiger charge is -2.14. The van der Waals surface area contributed by atoms with Gasteiger partial charge in [0.2, 0.25) is 0 Å². The van der Waals surface area contributed by atoms with Crippen molar-refractivity contribution >= 4 is 28.2 Å². The highest BCUT2D eigenvalue weighted by Crippen LogP contribution is 2.32. The number of nitrogens with one attached hydrogen (secondary N) is 2. The molecule has 1 amide bonds. The minimum absolute atomic E-state index is 0.203. The number of anilines is 1. The number of carbonyl (C=O) groups excluding carboxylic acids is 2. The zero-order valence-corrected chi connectivity index (χ0v) is 16.3. The van der Waals surface area contributed by atoms with E-state index >= 15 is 0 Å². The van der Waals surface area contributed by atoms with Crippen LogP contribution in [-0.2, 0) is 16.1 Å². The van der Waals surface area contributed by atoms with Crippen LogP contribution in [0.5, 0.6) is 0 Å². The first-order chi connectivity index (χ1) is 12.3. The van der Waals surface area contributed by atoms with Gasteiger partial charge in [-0.1, -0.05) is 12.1 Å². The van der Waals surface area contributed by atoms with Crippen LogP contribution in [0.2, 0.25) is 0 Å². The van der Waals surface area contributed by atoms with E-state index in [1.54, 1.807) is 13.0 Å². The third kappa shape index (κ3) is 5.12. The average Bonchev–Trinajstić information content (AvgIpc) is 2.81. The van der Waals surface area contributed by atoms with Crippen LogP contribution in [0, 0.1) is 19.7 Å². The number of carbonyl (C=O) groups is 2. The van der Waals surface area contributed by atoms with Crippen LogP contribution < -0.4 is 10.2 Å². The molecule has 26 heavy (non-hydrogen) atoms. The Balaban J connectivity index is 2.03. The Hall–Kier alpha value is -2.25. The maximum atomic E-state index is 13.3. The molecule has 0 aliphatic carbocycles. The van der Waals surface area contributed by atoms with E-state index in [4.69, 9.17) is 4.74 Å². The smallest absolute Gasteiger partial charge is 0.341 e. The summed E-state index contributed by atoms with van der Waals surface area (Å²) in [6.07, 6.45) is 0. The molecular formula is C19H24FN2O3S+. The average molecular weight is 379 g/mol. The van der Waals surface area contributed by atoms with E-state index in [0.717, 1.165) is 20.9 Å². The highest BCUT2D eigenvalue weighted by Gasteiger charge is 2.23. The van der Waals surface area contributed by atoms with E-state index in [1.807, 2.05) is 27.0 Å². The molecule has 0 aliphatic heterocycles. The number of esters is 1. The van der Waals surface area contributed by atoms with Crippen molar-refractivity contribution in [3.63, 3.8) is 0 Å². The summed E-state index contributed by atoms with van der Waals surface area (Å²) in [7, 11) is 1.86. The molecule has 7 heteroatoms. The molecule has 2 aromatic rings. The number of amides is 1. The Bertz CT molecular complexity index is 804. The monoisotopic (exact) mass is 379 g/mol. The van der Waals surface area contributed by atoms with Crippen LogP contribution in [0.25, 0.3) is 0 Å². The number of ether oxygens (including phenoxy) is 1. The molecule has 0 fully saturated rings. The zero-order valence-electron chi connectivity index (χ0n) is 15.4. The van der Waals surface area contributed by atoms with Crippen molar-refractivity contribution in [3.8, 4) is 0 Å². The molecule has 1 atom stereocenters. The van der Waals surface area contributed by atoms with Crippen molar-refractivity contribution in [2.75, 3.05) is 25.5 Å². The van der Waals surface area contributed by atoms with Gasteiger partial charge in [-0.25, -0.2) is 9.18 Å². The van der Waals surface area contributed by atoms with Gasteiger partial charge in [-0.15, -0.1) is 11.3 Å². The number of likely N-dealkylation sites (N-methyl/N-ethyl adjacent to an activating group) is 1. The molecule has 1 heterocycles. The summed E-state index contributed by atoms with van der Waals surface area (Å²) in [5, 5.41) is 3.34. The molecule has 0 saturated carbocycles. The Morgan fingerprint density at radius 1 is 1.31 bits per heavy atom. The molecule has 1 aromatic carbocycles. The predicted octanol–water partition coefficient (Wildman–Crippen LogP) is 2.33. The van der Waals surface area contributed by atoms with Gasteiger partial charge >= 0.3 is 5.97 Å². The summed E-state index contributed by atoms with van der Waals surface area (Å²) in [6.45, 7) is 6.50. The van der Waals surface area contributed by atoms with Crippen molar-refractivity contribution in [2.24, 2.45) is 0 Å². The molecule has 0 radical (unpaired) electrons. The molecule has 0 saturated heterocycles. The number of hydrogen-bond acceptors (Lipinski definition) is 4. The van der Waals surface area contributed by atoms with Crippen molar-refractivity contribution in [2.45, 2.75) is 27.3 Å². The van der Waals surface area contributed by atoms with Gasteiger partial charge < -0.3 is 15.0 Å². The van der Waals surface area contributed by atoms with Crippen LogP contribution in [0.4, 0.5) is 9.39 Å². The normalized spacial score (nSPS) is 11.9. The SMILES string of the molecule is CCOC(=O)c1c(NC(=O)C[NH+](C)Cc2cccc(F)c2)sc(C)c1C. The van der Waals surface area contributed by atoms with Gasteiger partial charge in [0.05, 0.1) is 19.2 Å². The van der Waals surface area contributed by atoms with Crippen LogP contribution in [0.3, 0.4) is 0 Å². The number of rotatable bonds is 7. The highest BCUT2D eigenvalue weighted by molar-refractivity contribution is 7.16. The van der Waals surface area contributed by atoms with Crippen molar-refractivity contribution in [1.82, 2.24) is 0 Å². The zero-order chi connectivity index (χ0) is 19.3. The third-order valence-corrected chi connectivity index (χ3v) is 5.10. The van der Waals surface area contributed by atoms with Crippen LogP contribution in [0.15, 0.2) is 24.3 Å². The summed E-state index contributed by atoms with van der Waals surface area (Å²) in [6, 6.07) is 6.34. The van der Waals surface area contributed by atoms with Crippen molar-refractivity contribution in [3.05, 3.63) is 51.7 Å². The lowest BCUT2D eigenvalue weighted by atomic mass is 10.1. The number of benzene rings is 1. The molecule has 0 aliphatic rings. The summed E-state index contributed by atoms with van der Waals surface area (Å²) in [4.78, 5) is 26.4. The van der Waals surface area contributed by atoms with Crippen molar-refractivity contribution in [1.29, 1.82) is 0 Å². The van der Waals surface area contributed by atoms with E-state index in [1.165, 1.54) is 23.5 Å². The summed E-state index contributed by atoms with van der Waals surface area (Å²) >= 11 is 1.36. The van der Waals surface area contributed by atoms with Gasteiger partial charge in [-0.3, -0.25) is 4.79 Å². The molecular weight excluding hydrogens is 355 g/mol. The number of thiophene rings is 1. The van der Waals surface area contributed by atoms with Crippen LogP contribution in [0.1, 0.15) is 33.3 Å². The highest BCUT2D eigenvalue weighted by atomic mass is 32.1. The van der Waals surface area contributed by atoms with E-state index in [-0.39, 0.29) is 24.9 Å². The maximum Gasteiger partial charge on any atom is 0.341 e. The second kappa shape index (κ2) is 8.91. The van der Waals surface area contributed by atoms with E-state index in [0.29, 0.717) is 17.1 Å². The van der Waals surface area contributed by atoms with Crippen LogP contribution >= 0.6 is 11.3 Å². The van der Waals surface area contributed by atoms with E-state index in [2.05, 4.69) is 5.32 Å². The molecule has 0 bridgehead atoms. The van der Waals surface area contributed by atoms with Gasteiger partial charge in [0.15, 0.2) is 6.54 Å². The molecule has 0 spiro atoms. The summed E-state index contributed by atoms with van der Waals surface area (Å²) in [5.41, 5.74) is 2.07. The van der Waals surface area contributed by atoms with Gasteiger partial charge in [0.1, 0.15) is 17.4 Å². The molecule has 140 valence electrons. The molecule has 2 N–H and O–H groups in total. The Labute approximate surface area is 156 Å². The number of halogens is 1. The van der Waals surface area contributed by atoms with Crippen LogP contribution in [-0.4, -0.2) is 32.1 Å². The maximum absolute atomic E-state index is 13.3. The molecule has 1 aromatic heterocycles. The minimum atomic E-state index is -0.426. The quantitative estimate of drug-likeness (QED) is 0.726. The van der Waals surface area contributed by atoms with Gasteiger partial charge in [0.25, 0.3) is 5.91 Å². The first kappa shape index (κ1) is 20.1. The van der Waals surface area contributed by atoms with Gasteiger partial charge in [0, 0.05) is 10.4 Å². The van der Waals surface area contributed by atoms with Gasteiger partial charge in [-0.05, 0) is 38.5 Å². The predicted molar refractivity (Wildman–Crippen MR) is 100 cm³/mol. The van der Waals surface area contributed by atoms with E-state index < -0.39 is 5.97 Å². The summed E-state index contributed by atoms with van der Waals surface area (Å²) < 4.78 is 18.4. The fourth-order valence-corrected chi connectivity index (χ4v) is 3.73. The Morgan fingerprint density at radius 2 is 2.04 bits per heavy atom. The van der Waals surface area contributed by atoms with Gasteiger partial charge in [-0.2, -0.15) is 0 Å². The molecule has 1 unspecified atom stereocenters. The lowest BCUT2D eigenvalue weighted by molar-refractivity contribution is -0.885. The number of hydrogen-bond donors (Lipinski definition) is 2. The fourth-order valence-electron chi connectivity index (χ4n) is 2.67. The standard InChI is InChI=1S/C19H23FN2O3S/c1-5-25-19(24)17-12(2)13(3)26-18(17)21-16(23)11-22(4)10-14-7-6-8-15(20)9-14/h6-9H,5,10-11H2,1-4H3,(H,21,23)/p+1. The second-order valence-electron chi connectivity index (χ2n) is 6.20. The summed E-state index contributed by atoms with van der Waals surface area (Å²) in [5.74, 6) is -0.917. The largest absolute Gasteiger partial charge is 0.462 e. The second-order valence-corrected chi connectivity index (χ2v) is 7.42. The number of aryl methyl sites for hydroxylation is 1. The first-order valence-electron chi connectivity index (χ1n) is 8.44. The molecule has 2 rings (SSSR count). The Kier molecular flexibility index (Phi) is 6.88. The first-order valence-corrected chi connectivity index (χ1v) is 9.26. The fraction of sp³-hybridized carbons (Fsp3) is 0.368. The number of quaternary nitrogens is 1.